The van der Waals surface area contributed by atoms with Gasteiger partial charge in [-0.2, -0.15) is 4.31 Å². The fraction of sp³-hybridized carbons (Fsp3) is 0.364. The lowest BCUT2D eigenvalue weighted by molar-refractivity contribution is -0.146. The number of hydrogen-bond donors (Lipinski definition) is 1. The number of halogens is 3. The van der Waals surface area contributed by atoms with Gasteiger partial charge in [0.2, 0.25) is 10.0 Å². The quantitative estimate of drug-likeness (QED) is 0.832. The van der Waals surface area contributed by atoms with E-state index in [0.717, 1.165) is 6.07 Å². The van der Waals surface area contributed by atoms with Gasteiger partial charge in [-0.15, -0.1) is 0 Å². The number of carbonyl (C=O) groups is 1. The van der Waals surface area contributed by atoms with Gasteiger partial charge in [0.05, 0.1) is 18.2 Å². The zero-order valence-corrected chi connectivity index (χ0v) is 12.0. The lowest BCUT2D eigenvalue weighted by Crippen LogP contribution is -2.52. The van der Waals surface area contributed by atoms with Crippen LogP contribution in [0.4, 0.5) is 8.78 Å². The van der Waals surface area contributed by atoms with Crippen LogP contribution in [-0.4, -0.2) is 49.6 Å². The van der Waals surface area contributed by atoms with Gasteiger partial charge in [0, 0.05) is 6.54 Å². The molecule has 0 bridgehead atoms. The van der Waals surface area contributed by atoms with Crippen LogP contribution in [0.1, 0.15) is 0 Å². The molecule has 1 aliphatic rings. The predicted molar refractivity (Wildman–Crippen MR) is 67.5 cm³/mol. The molecule has 1 heterocycles. The Bertz CT molecular complexity index is 681. The topological polar surface area (TPSA) is 83.9 Å². The highest BCUT2D eigenvalue weighted by molar-refractivity contribution is 7.89. The summed E-state index contributed by atoms with van der Waals surface area (Å²) in [5.74, 6) is -4.48. The fourth-order valence-electron chi connectivity index (χ4n) is 1.93. The van der Waals surface area contributed by atoms with E-state index in [1.165, 1.54) is 0 Å². The van der Waals surface area contributed by atoms with Gasteiger partial charge < -0.3 is 9.84 Å². The lowest BCUT2D eigenvalue weighted by Gasteiger charge is -2.32. The second kappa shape index (κ2) is 5.84. The van der Waals surface area contributed by atoms with Crippen LogP contribution in [0, 0.1) is 11.6 Å². The number of aliphatic carboxylic acids is 1. The summed E-state index contributed by atoms with van der Waals surface area (Å²) in [6.45, 7) is -0.744. The molecule has 1 N–H and O–H groups in total. The summed E-state index contributed by atoms with van der Waals surface area (Å²) in [5.41, 5.74) is 0. The third-order valence-corrected chi connectivity index (χ3v) is 5.33. The molecule has 6 nitrogen and oxygen atoms in total. The lowest BCUT2D eigenvalue weighted by atomic mass is 10.3. The zero-order chi connectivity index (χ0) is 15.8. The van der Waals surface area contributed by atoms with Crippen LogP contribution in [-0.2, 0) is 19.6 Å². The summed E-state index contributed by atoms with van der Waals surface area (Å²) in [6.07, 6.45) is 0. The monoisotopic (exact) mass is 341 g/mol. The Labute approximate surface area is 123 Å². The maximum atomic E-state index is 13.8. The van der Waals surface area contributed by atoms with Crippen molar-refractivity contribution < 1.29 is 31.8 Å². The molecule has 1 aromatic carbocycles. The van der Waals surface area contributed by atoms with Crippen molar-refractivity contribution in [3.05, 3.63) is 28.8 Å². The first-order valence-electron chi connectivity index (χ1n) is 5.72. The highest BCUT2D eigenvalue weighted by Crippen LogP contribution is 2.30. The van der Waals surface area contributed by atoms with Gasteiger partial charge in [0.25, 0.3) is 0 Å². The molecule has 1 aliphatic heterocycles. The van der Waals surface area contributed by atoms with Crippen molar-refractivity contribution in [2.45, 2.75) is 10.9 Å². The molecule has 1 fully saturated rings. The van der Waals surface area contributed by atoms with Gasteiger partial charge in [-0.1, -0.05) is 11.6 Å². The largest absolute Gasteiger partial charge is 0.480 e. The number of hydrogen-bond acceptors (Lipinski definition) is 4. The summed E-state index contributed by atoms with van der Waals surface area (Å²) in [4.78, 5) is 10.0. The van der Waals surface area contributed by atoms with Crippen LogP contribution in [0.2, 0.25) is 5.02 Å². The fourth-order valence-corrected chi connectivity index (χ4v) is 4.05. The van der Waals surface area contributed by atoms with Gasteiger partial charge in [-0.25, -0.2) is 17.2 Å². The minimum atomic E-state index is -4.61. The maximum Gasteiger partial charge on any atom is 0.324 e. The van der Waals surface area contributed by atoms with E-state index in [1.807, 2.05) is 0 Å². The molecule has 116 valence electrons. The van der Waals surface area contributed by atoms with Gasteiger partial charge in [0.1, 0.15) is 10.9 Å². The molecule has 1 saturated heterocycles. The highest BCUT2D eigenvalue weighted by atomic mass is 35.5. The normalized spacial score (nSPS) is 20.4. The molecule has 0 aliphatic carbocycles. The molecule has 0 spiro atoms. The summed E-state index contributed by atoms with van der Waals surface area (Å²) < 4.78 is 57.3. The third-order valence-electron chi connectivity index (χ3n) is 2.93. The maximum absolute atomic E-state index is 13.8. The standard InChI is InChI=1S/C11H10ClF2NO5S/c12-6-1-2-7(13)9(14)10(6)21(18,19)15-3-4-20-5-8(15)11(16)17/h1-2,8H,3-5H2,(H,16,17). The molecule has 1 unspecified atom stereocenters. The molecule has 2 rings (SSSR count). The second-order valence-corrected chi connectivity index (χ2v) is 6.45. The Morgan fingerprint density at radius 3 is 2.71 bits per heavy atom. The van der Waals surface area contributed by atoms with Crippen LogP contribution in [0.5, 0.6) is 0 Å². The van der Waals surface area contributed by atoms with Crippen molar-refractivity contribution >= 4 is 27.6 Å². The summed E-state index contributed by atoms with van der Waals surface area (Å²) in [7, 11) is -4.61. The molecule has 10 heteroatoms. The van der Waals surface area contributed by atoms with E-state index in [-0.39, 0.29) is 19.8 Å². The zero-order valence-electron chi connectivity index (χ0n) is 10.4. The van der Waals surface area contributed by atoms with Crippen molar-refractivity contribution in [3.8, 4) is 0 Å². The number of benzene rings is 1. The van der Waals surface area contributed by atoms with E-state index in [0.29, 0.717) is 10.4 Å². The Morgan fingerprint density at radius 1 is 1.43 bits per heavy atom. The SMILES string of the molecule is O=C(O)C1COCCN1S(=O)(=O)c1c(Cl)ccc(F)c1F. The van der Waals surface area contributed by atoms with E-state index in [1.54, 1.807) is 0 Å². The van der Waals surface area contributed by atoms with Gasteiger partial charge in [-0.3, -0.25) is 4.79 Å². The van der Waals surface area contributed by atoms with E-state index in [9.17, 15) is 22.0 Å². The van der Waals surface area contributed by atoms with E-state index < -0.39 is 43.6 Å². The molecule has 0 saturated carbocycles. The number of nitrogens with zero attached hydrogens (tertiary/aromatic N) is 1. The van der Waals surface area contributed by atoms with Crippen LogP contribution < -0.4 is 0 Å². The Balaban J connectivity index is 2.56. The smallest absolute Gasteiger partial charge is 0.324 e. The Hall–Kier alpha value is -1.29. The first-order valence-corrected chi connectivity index (χ1v) is 7.54. The first kappa shape index (κ1) is 16.1. The number of morpholine rings is 1. The van der Waals surface area contributed by atoms with Crippen LogP contribution in [0.15, 0.2) is 17.0 Å². The van der Waals surface area contributed by atoms with Crippen molar-refractivity contribution in [2.24, 2.45) is 0 Å². The minimum absolute atomic E-state index is 0.0580. The molecule has 1 aromatic rings. The molecule has 1 atom stereocenters. The van der Waals surface area contributed by atoms with Crippen molar-refractivity contribution in [3.63, 3.8) is 0 Å². The second-order valence-electron chi connectivity index (χ2n) is 4.22. The molecule has 21 heavy (non-hydrogen) atoms. The van der Waals surface area contributed by atoms with Crippen LogP contribution >= 0.6 is 11.6 Å². The number of carboxylic acid groups (broad SMARTS) is 1. The third kappa shape index (κ3) is 2.86. The van der Waals surface area contributed by atoms with Gasteiger partial charge in [-0.05, 0) is 12.1 Å². The van der Waals surface area contributed by atoms with E-state index in [4.69, 9.17) is 21.4 Å². The van der Waals surface area contributed by atoms with E-state index in [2.05, 4.69) is 0 Å². The number of carboxylic acids is 1. The molecular weight excluding hydrogens is 332 g/mol. The Morgan fingerprint density at radius 2 is 2.10 bits per heavy atom. The van der Waals surface area contributed by atoms with Crippen LogP contribution in [0.25, 0.3) is 0 Å². The predicted octanol–water partition coefficient (Wildman–Crippen LogP) is 1.09. The average molecular weight is 342 g/mol. The van der Waals surface area contributed by atoms with Gasteiger partial charge in [0.15, 0.2) is 11.6 Å². The number of ether oxygens (including phenoxy) is 1. The summed E-state index contributed by atoms with van der Waals surface area (Å²) in [5, 5.41) is 8.50. The van der Waals surface area contributed by atoms with Crippen molar-refractivity contribution in [1.82, 2.24) is 4.31 Å². The Kier molecular flexibility index (Phi) is 4.47. The number of sulfonamides is 1. The molecular formula is C11H10ClF2NO5S. The summed E-state index contributed by atoms with van der Waals surface area (Å²) >= 11 is 5.64. The average Bonchev–Trinajstić information content (AvgIpc) is 2.43. The molecule has 0 amide bonds. The minimum Gasteiger partial charge on any atom is -0.480 e. The molecule has 0 radical (unpaired) electrons. The number of rotatable bonds is 3. The van der Waals surface area contributed by atoms with Crippen molar-refractivity contribution in [1.29, 1.82) is 0 Å². The first-order chi connectivity index (χ1) is 9.76. The molecule has 0 aromatic heterocycles. The van der Waals surface area contributed by atoms with Crippen LogP contribution in [0.3, 0.4) is 0 Å². The van der Waals surface area contributed by atoms with E-state index >= 15 is 0 Å². The highest BCUT2D eigenvalue weighted by Gasteiger charge is 2.41. The summed E-state index contributed by atoms with van der Waals surface area (Å²) in [6, 6.07) is 0.0517. The van der Waals surface area contributed by atoms with Crippen molar-refractivity contribution in [2.75, 3.05) is 19.8 Å². The van der Waals surface area contributed by atoms with Gasteiger partial charge >= 0.3 is 5.97 Å².